The van der Waals surface area contributed by atoms with E-state index in [4.69, 9.17) is 33.7 Å². The smallest absolute Gasteiger partial charge is 0.283 e. The zero-order chi connectivity index (χ0) is 27.1. The van der Waals surface area contributed by atoms with E-state index in [-0.39, 0.29) is 35.0 Å². The van der Waals surface area contributed by atoms with Crippen LogP contribution in [0.3, 0.4) is 0 Å². The molecule has 7 rings (SSSR count). The number of hydrogen-bond donors (Lipinski definition) is 4. The first-order valence-corrected chi connectivity index (χ1v) is 13.6. The third kappa shape index (κ3) is 7.22. The largest absolute Gasteiger partial charge is 0.494 e. The van der Waals surface area contributed by atoms with Crippen molar-refractivity contribution in [3.8, 4) is 17.0 Å². The molecule has 5 heterocycles. The van der Waals surface area contributed by atoms with E-state index in [9.17, 15) is 9.59 Å². The highest BCUT2D eigenvalue weighted by atomic mass is 35.5. The van der Waals surface area contributed by atoms with Crippen molar-refractivity contribution in [2.45, 2.75) is 32.7 Å². The Balaban J connectivity index is 1.57. The van der Waals surface area contributed by atoms with Crippen molar-refractivity contribution in [1.82, 2.24) is 15.0 Å². The molecule has 0 fully saturated rings. The number of amides is 2. The lowest BCUT2D eigenvalue weighted by Gasteiger charge is -2.13. The van der Waals surface area contributed by atoms with Crippen LogP contribution in [0.2, 0.25) is 10.0 Å². The van der Waals surface area contributed by atoms with Crippen LogP contribution in [0.5, 0.6) is 5.75 Å². The number of carbonyl (C=O) groups excluding carboxylic acids is 2. The first kappa shape index (κ1) is 27.8. The molecule has 200 valence electrons. The summed E-state index contributed by atoms with van der Waals surface area (Å²) in [6.07, 6.45) is 2.74. The molecule has 2 aromatic carbocycles. The first-order valence-electron chi connectivity index (χ1n) is 12.1. The highest BCUT2D eigenvalue weighted by Crippen LogP contribution is 2.32. The SMILES string of the molecule is Cc1snc2c1C(=O)/N=C(\N)NCc1cc(Cl)c(c(Cl)c1)NC(=O)CNCCCCCOc1ccc-2cc1. The number of guanidine groups is 1. The van der Waals surface area contributed by atoms with E-state index in [1.54, 1.807) is 12.1 Å². The number of anilines is 1. The van der Waals surface area contributed by atoms with Gasteiger partial charge in [-0.05, 0) is 86.2 Å². The molecule has 0 unspecified atom stereocenters. The topological polar surface area (TPSA) is 131 Å². The number of ether oxygens (including phenoxy) is 1. The molecule has 1 aromatic heterocycles. The number of nitrogens with zero attached hydrogens (tertiary/aromatic N) is 2. The summed E-state index contributed by atoms with van der Waals surface area (Å²) < 4.78 is 10.3. The number of aliphatic imine (C=N–C) groups is 1. The van der Waals surface area contributed by atoms with Crippen LogP contribution in [0, 0.1) is 6.92 Å². The number of aryl methyl sites for hydroxylation is 1. The maximum absolute atomic E-state index is 13.0. The predicted octanol–water partition coefficient (Wildman–Crippen LogP) is 4.76. The maximum Gasteiger partial charge on any atom is 0.283 e. The van der Waals surface area contributed by atoms with E-state index in [2.05, 4.69) is 25.3 Å². The Kier molecular flexibility index (Phi) is 9.57. The molecule has 0 atom stereocenters. The molecule has 5 N–H and O–H groups in total. The fraction of sp³-hybridized carbons (Fsp3) is 0.308. The lowest BCUT2D eigenvalue weighted by Crippen LogP contribution is -2.32. The van der Waals surface area contributed by atoms with Gasteiger partial charge in [0.2, 0.25) is 5.91 Å². The summed E-state index contributed by atoms with van der Waals surface area (Å²) in [5.74, 6) is -0.0599. The summed E-state index contributed by atoms with van der Waals surface area (Å²) in [5.41, 5.74) is 8.79. The minimum absolute atomic E-state index is 0.0588. The number of hydrogen-bond acceptors (Lipinski definition) is 8. The van der Waals surface area contributed by atoms with Crippen LogP contribution >= 0.6 is 34.7 Å². The van der Waals surface area contributed by atoms with E-state index in [0.29, 0.717) is 35.7 Å². The van der Waals surface area contributed by atoms with Crippen LogP contribution in [0.4, 0.5) is 5.69 Å². The summed E-state index contributed by atoms with van der Waals surface area (Å²) in [5, 5.41) is 9.35. The van der Waals surface area contributed by atoms with Crippen molar-refractivity contribution in [2.75, 3.05) is 25.0 Å². The molecule has 12 heteroatoms. The maximum atomic E-state index is 13.0. The lowest BCUT2D eigenvalue weighted by molar-refractivity contribution is -0.115. The van der Waals surface area contributed by atoms with Gasteiger partial charge in [0.25, 0.3) is 5.91 Å². The van der Waals surface area contributed by atoms with Crippen LogP contribution in [0.25, 0.3) is 11.3 Å². The normalized spacial score (nSPS) is 17.3. The Bertz CT molecular complexity index is 1320. The average Bonchev–Trinajstić information content (AvgIpc) is 3.27. The van der Waals surface area contributed by atoms with Crippen molar-refractivity contribution in [1.29, 1.82) is 0 Å². The molecule has 4 aliphatic rings. The molecule has 38 heavy (non-hydrogen) atoms. The highest BCUT2D eigenvalue weighted by Gasteiger charge is 2.20. The van der Waals surface area contributed by atoms with Gasteiger partial charge in [-0.3, -0.25) is 9.59 Å². The molecular formula is C26H28Cl2N6O3S. The van der Waals surface area contributed by atoms with Gasteiger partial charge in [0, 0.05) is 17.0 Å². The summed E-state index contributed by atoms with van der Waals surface area (Å²) in [6.45, 7) is 3.45. The molecule has 9 nitrogen and oxygen atoms in total. The summed E-state index contributed by atoms with van der Waals surface area (Å²) in [4.78, 5) is 30.2. The second-order valence-corrected chi connectivity index (χ2v) is 10.5. The number of aromatic nitrogens is 1. The molecule has 0 aliphatic carbocycles. The van der Waals surface area contributed by atoms with Gasteiger partial charge < -0.3 is 26.4 Å². The Morgan fingerprint density at radius 1 is 1.03 bits per heavy atom. The molecule has 2 amide bonds. The van der Waals surface area contributed by atoms with E-state index < -0.39 is 5.91 Å². The van der Waals surface area contributed by atoms with Crippen LogP contribution in [-0.2, 0) is 11.3 Å². The molecule has 3 aromatic rings. The fourth-order valence-electron chi connectivity index (χ4n) is 3.88. The standard InChI is InChI=1S/C26H28Cl2N6O3S/c1-15-22-23(34-38-15)17-5-7-18(8-6-17)37-10-4-2-3-9-30-14-21(35)32-24-19(27)11-16(12-20(24)28)13-31-26(29)33-25(22)36/h5-8,11-12,30H,2-4,9-10,13-14H2,1H3,(H,32,35)(H3,29,31,33,36). The summed E-state index contributed by atoms with van der Waals surface area (Å²) >= 11 is 14.0. The number of carbonyl (C=O) groups is 2. The Hall–Kier alpha value is -3.18. The van der Waals surface area contributed by atoms with Crippen LogP contribution in [0.15, 0.2) is 41.4 Å². The van der Waals surface area contributed by atoms with Gasteiger partial charge in [-0.2, -0.15) is 9.37 Å². The van der Waals surface area contributed by atoms with Crippen LogP contribution < -0.4 is 26.4 Å². The molecule has 0 saturated heterocycles. The van der Waals surface area contributed by atoms with Crippen molar-refractivity contribution in [2.24, 2.45) is 10.7 Å². The molecule has 4 aliphatic heterocycles. The van der Waals surface area contributed by atoms with E-state index in [1.807, 2.05) is 31.2 Å². The second kappa shape index (κ2) is 13.1. The Morgan fingerprint density at radius 2 is 1.76 bits per heavy atom. The van der Waals surface area contributed by atoms with Gasteiger partial charge in [0.05, 0.1) is 40.1 Å². The monoisotopic (exact) mass is 574 g/mol. The van der Waals surface area contributed by atoms with Gasteiger partial charge in [0.15, 0.2) is 5.96 Å². The third-order valence-corrected chi connectivity index (χ3v) is 7.17. The quantitative estimate of drug-likeness (QED) is 0.304. The summed E-state index contributed by atoms with van der Waals surface area (Å²) in [6, 6.07) is 10.8. The van der Waals surface area contributed by atoms with Gasteiger partial charge in [-0.15, -0.1) is 0 Å². The van der Waals surface area contributed by atoms with Crippen molar-refractivity contribution < 1.29 is 14.3 Å². The molecule has 0 radical (unpaired) electrons. The van der Waals surface area contributed by atoms with Gasteiger partial charge in [0.1, 0.15) is 5.75 Å². The number of nitrogens with two attached hydrogens (primary N) is 1. The van der Waals surface area contributed by atoms with Crippen LogP contribution in [-0.4, -0.2) is 41.8 Å². The second-order valence-electron chi connectivity index (χ2n) is 8.71. The average molecular weight is 576 g/mol. The fourth-order valence-corrected chi connectivity index (χ4v) is 5.21. The van der Waals surface area contributed by atoms with Crippen LogP contribution in [0.1, 0.15) is 40.1 Å². The Morgan fingerprint density at radius 3 is 2.50 bits per heavy atom. The van der Waals surface area contributed by atoms with E-state index in [0.717, 1.165) is 35.5 Å². The number of benzene rings is 2. The van der Waals surface area contributed by atoms with E-state index in [1.165, 1.54) is 11.5 Å². The minimum Gasteiger partial charge on any atom is -0.494 e. The predicted molar refractivity (Wildman–Crippen MR) is 152 cm³/mol. The zero-order valence-electron chi connectivity index (χ0n) is 20.8. The third-order valence-electron chi connectivity index (χ3n) is 5.82. The van der Waals surface area contributed by atoms with Gasteiger partial charge >= 0.3 is 0 Å². The zero-order valence-corrected chi connectivity index (χ0v) is 23.1. The molecular weight excluding hydrogens is 547 g/mol. The van der Waals surface area contributed by atoms with Crippen molar-refractivity contribution in [3.05, 3.63) is 62.4 Å². The van der Waals surface area contributed by atoms with Crippen molar-refractivity contribution >= 4 is 58.2 Å². The highest BCUT2D eigenvalue weighted by molar-refractivity contribution is 7.06. The van der Waals surface area contributed by atoms with Gasteiger partial charge in [-0.1, -0.05) is 23.2 Å². The molecule has 0 saturated carbocycles. The van der Waals surface area contributed by atoms with E-state index >= 15 is 0 Å². The number of nitrogens with one attached hydrogen (secondary N) is 3. The lowest BCUT2D eigenvalue weighted by atomic mass is 10.1. The van der Waals surface area contributed by atoms with Gasteiger partial charge in [-0.25, -0.2) is 0 Å². The number of halogens is 2. The summed E-state index contributed by atoms with van der Waals surface area (Å²) in [7, 11) is 0. The first-order chi connectivity index (χ1) is 18.3. The molecule has 4 bridgehead atoms. The molecule has 0 spiro atoms. The van der Waals surface area contributed by atoms with Crippen molar-refractivity contribution in [3.63, 3.8) is 0 Å². The number of rotatable bonds is 0. The Labute approximate surface area is 234 Å². The minimum atomic E-state index is -0.496.